The number of ether oxygens (including phenoxy) is 2. The third-order valence-electron chi connectivity index (χ3n) is 1.83. The summed E-state index contributed by atoms with van der Waals surface area (Å²) in [5, 5.41) is 0. The van der Waals surface area contributed by atoms with E-state index in [0.717, 1.165) is 5.56 Å². The normalized spacial score (nSPS) is 11.9. The average Bonchev–Trinajstić information content (AvgIpc) is 2.19. The Kier molecular flexibility index (Phi) is 3.98. The van der Waals surface area contributed by atoms with E-state index in [1.807, 2.05) is 37.3 Å². The van der Waals surface area contributed by atoms with E-state index in [9.17, 15) is 4.79 Å². The van der Waals surface area contributed by atoms with E-state index < -0.39 is 6.16 Å². The molecule has 0 saturated carbocycles. The predicted octanol–water partition coefficient (Wildman–Crippen LogP) is 2.40. The second-order valence-electron chi connectivity index (χ2n) is 3.07. The third kappa shape index (κ3) is 3.47. The molecule has 0 aliphatic heterocycles. The van der Waals surface area contributed by atoms with Crippen LogP contribution < -0.4 is 0 Å². The summed E-state index contributed by atoms with van der Waals surface area (Å²) in [6.07, 6.45) is -0.0890. The van der Waals surface area contributed by atoms with Gasteiger partial charge in [0.2, 0.25) is 0 Å². The second-order valence-corrected chi connectivity index (χ2v) is 3.07. The maximum absolute atomic E-state index is 10.8. The maximum atomic E-state index is 10.8. The van der Waals surface area contributed by atoms with Crippen LogP contribution in [0.3, 0.4) is 0 Å². The first-order valence-electron chi connectivity index (χ1n) is 4.51. The maximum Gasteiger partial charge on any atom is 0.508 e. The van der Waals surface area contributed by atoms with Crippen molar-refractivity contribution in [1.82, 2.24) is 0 Å². The first kappa shape index (κ1) is 10.6. The molecule has 0 radical (unpaired) electrons. The van der Waals surface area contributed by atoms with Gasteiger partial charge in [0.05, 0.1) is 7.11 Å². The molecule has 0 spiro atoms. The summed E-state index contributed by atoms with van der Waals surface area (Å²) in [7, 11) is 1.30. The van der Waals surface area contributed by atoms with Crippen LogP contribution >= 0.6 is 0 Å². The molecule has 1 aromatic rings. The molecule has 1 aromatic carbocycles. The van der Waals surface area contributed by atoms with E-state index in [0.29, 0.717) is 6.42 Å². The van der Waals surface area contributed by atoms with Crippen molar-refractivity contribution in [2.24, 2.45) is 0 Å². The van der Waals surface area contributed by atoms with Gasteiger partial charge in [-0.25, -0.2) is 4.79 Å². The quantitative estimate of drug-likeness (QED) is 0.693. The summed E-state index contributed by atoms with van der Waals surface area (Å²) in [4.78, 5) is 10.8. The molecule has 1 atom stereocenters. The Hall–Kier alpha value is -1.51. The monoisotopic (exact) mass is 194 g/mol. The van der Waals surface area contributed by atoms with Crippen molar-refractivity contribution in [3.8, 4) is 0 Å². The molecule has 0 aliphatic rings. The number of carbonyl (C=O) groups is 1. The van der Waals surface area contributed by atoms with Crippen LogP contribution in [0.2, 0.25) is 0 Å². The molecule has 0 bridgehead atoms. The van der Waals surface area contributed by atoms with Crippen molar-refractivity contribution < 1.29 is 14.3 Å². The SMILES string of the molecule is COC(=O)OC(C)Cc1ccccc1. The lowest BCUT2D eigenvalue weighted by molar-refractivity contribution is 0.0437. The average molecular weight is 194 g/mol. The van der Waals surface area contributed by atoms with Crippen LogP contribution in [-0.4, -0.2) is 19.4 Å². The van der Waals surface area contributed by atoms with E-state index in [1.165, 1.54) is 7.11 Å². The Morgan fingerprint density at radius 3 is 2.57 bits per heavy atom. The summed E-state index contributed by atoms with van der Waals surface area (Å²) < 4.78 is 9.34. The molecular formula is C11H14O3. The lowest BCUT2D eigenvalue weighted by atomic mass is 10.1. The van der Waals surface area contributed by atoms with E-state index in [1.54, 1.807) is 0 Å². The minimum Gasteiger partial charge on any atom is -0.438 e. The molecule has 0 heterocycles. The number of benzene rings is 1. The van der Waals surface area contributed by atoms with E-state index in [-0.39, 0.29) is 6.10 Å². The number of rotatable bonds is 3. The Labute approximate surface area is 83.6 Å². The van der Waals surface area contributed by atoms with Crippen molar-refractivity contribution in [3.05, 3.63) is 35.9 Å². The smallest absolute Gasteiger partial charge is 0.438 e. The topological polar surface area (TPSA) is 35.5 Å². The van der Waals surface area contributed by atoms with Crippen LogP contribution in [0.5, 0.6) is 0 Å². The highest BCUT2D eigenvalue weighted by Crippen LogP contribution is 2.05. The molecule has 0 aromatic heterocycles. The zero-order chi connectivity index (χ0) is 10.4. The van der Waals surface area contributed by atoms with Gasteiger partial charge in [-0.15, -0.1) is 0 Å². The predicted molar refractivity (Wildman–Crippen MR) is 53.1 cm³/mol. The van der Waals surface area contributed by atoms with Gasteiger partial charge in [0.1, 0.15) is 6.10 Å². The Morgan fingerprint density at radius 1 is 1.36 bits per heavy atom. The minimum atomic E-state index is -0.631. The highest BCUT2D eigenvalue weighted by atomic mass is 16.7. The molecule has 0 aliphatic carbocycles. The fourth-order valence-electron chi connectivity index (χ4n) is 1.20. The third-order valence-corrected chi connectivity index (χ3v) is 1.83. The van der Waals surface area contributed by atoms with E-state index in [4.69, 9.17) is 4.74 Å². The van der Waals surface area contributed by atoms with Gasteiger partial charge in [-0.05, 0) is 12.5 Å². The van der Waals surface area contributed by atoms with Crippen LogP contribution in [0.4, 0.5) is 4.79 Å². The summed E-state index contributed by atoms with van der Waals surface area (Å²) in [5.74, 6) is 0. The van der Waals surface area contributed by atoms with Crippen LogP contribution in [-0.2, 0) is 15.9 Å². The van der Waals surface area contributed by atoms with Gasteiger partial charge in [0.25, 0.3) is 0 Å². The summed E-state index contributed by atoms with van der Waals surface area (Å²) in [6.45, 7) is 1.84. The number of carbonyl (C=O) groups excluding carboxylic acids is 1. The summed E-state index contributed by atoms with van der Waals surface area (Å²) in [6, 6.07) is 9.87. The van der Waals surface area contributed by atoms with E-state index >= 15 is 0 Å². The molecule has 3 nitrogen and oxygen atoms in total. The van der Waals surface area contributed by atoms with Gasteiger partial charge < -0.3 is 9.47 Å². The zero-order valence-corrected chi connectivity index (χ0v) is 8.40. The fourth-order valence-corrected chi connectivity index (χ4v) is 1.20. The Balaban J connectivity index is 2.41. The molecule has 0 saturated heterocycles. The molecule has 0 fully saturated rings. The second kappa shape index (κ2) is 5.27. The van der Waals surface area contributed by atoms with Gasteiger partial charge in [-0.2, -0.15) is 0 Å². The molecule has 14 heavy (non-hydrogen) atoms. The van der Waals surface area contributed by atoms with Gasteiger partial charge in [0.15, 0.2) is 0 Å². The standard InChI is InChI=1S/C11H14O3/c1-9(14-11(12)13-2)8-10-6-4-3-5-7-10/h3-7,9H,8H2,1-2H3. The number of methoxy groups -OCH3 is 1. The van der Waals surface area contributed by atoms with Crippen LogP contribution in [0.1, 0.15) is 12.5 Å². The minimum absolute atomic E-state index is 0.162. The van der Waals surface area contributed by atoms with Gasteiger partial charge in [0, 0.05) is 6.42 Å². The lowest BCUT2D eigenvalue weighted by Crippen LogP contribution is -2.17. The molecule has 1 rings (SSSR count). The molecule has 0 N–H and O–H groups in total. The Morgan fingerprint density at radius 2 is 2.00 bits per heavy atom. The molecular weight excluding hydrogens is 180 g/mol. The fraction of sp³-hybridized carbons (Fsp3) is 0.364. The first-order valence-corrected chi connectivity index (χ1v) is 4.51. The van der Waals surface area contributed by atoms with Crippen molar-refractivity contribution in [3.63, 3.8) is 0 Å². The molecule has 0 amide bonds. The Bertz CT molecular complexity index is 282. The largest absolute Gasteiger partial charge is 0.508 e. The van der Waals surface area contributed by atoms with Gasteiger partial charge >= 0.3 is 6.16 Å². The highest BCUT2D eigenvalue weighted by Gasteiger charge is 2.09. The first-order chi connectivity index (χ1) is 6.72. The van der Waals surface area contributed by atoms with Crippen LogP contribution in [0, 0.1) is 0 Å². The van der Waals surface area contributed by atoms with Crippen molar-refractivity contribution in [2.75, 3.05) is 7.11 Å². The lowest BCUT2D eigenvalue weighted by Gasteiger charge is -2.11. The highest BCUT2D eigenvalue weighted by molar-refractivity contribution is 5.59. The van der Waals surface area contributed by atoms with Crippen LogP contribution in [0.15, 0.2) is 30.3 Å². The van der Waals surface area contributed by atoms with E-state index in [2.05, 4.69) is 4.74 Å². The van der Waals surface area contributed by atoms with Crippen LogP contribution in [0.25, 0.3) is 0 Å². The number of hydrogen-bond donors (Lipinski definition) is 0. The number of hydrogen-bond acceptors (Lipinski definition) is 3. The van der Waals surface area contributed by atoms with Gasteiger partial charge in [-0.3, -0.25) is 0 Å². The van der Waals surface area contributed by atoms with Gasteiger partial charge in [-0.1, -0.05) is 30.3 Å². The van der Waals surface area contributed by atoms with Crippen molar-refractivity contribution >= 4 is 6.16 Å². The zero-order valence-electron chi connectivity index (χ0n) is 8.40. The van der Waals surface area contributed by atoms with Crippen molar-refractivity contribution in [1.29, 1.82) is 0 Å². The molecule has 3 heteroatoms. The summed E-state index contributed by atoms with van der Waals surface area (Å²) in [5.41, 5.74) is 1.14. The molecule has 76 valence electrons. The van der Waals surface area contributed by atoms with Crippen molar-refractivity contribution in [2.45, 2.75) is 19.4 Å². The summed E-state index contributed by atoms with van der Waals surface area (Å²) >= 11 is 0. The molecule has 1 unspecified atom stereocenters.